The number of benzene rings is 1. The number of thiazole rings is 1. The molecule has 2 heterocycles. The van der Waals surface area contributed by atoms with Gasteiger partial charge in [-0.1, -0.05) is 12.1 Å². The predicted octanol–water partition coefficient (Wildman–Crippen LogP) is 2.11. The fourth-order valence-corrected chi connectivity index (χ4v) is 4.12. The topological polar surface area (TPSA) is 71.5 Å². The highest BCUT2D eigenvalue weighted by atomic mass is 32.1. The molecule has 1 aromatic heterocycles. The number of hydrogen-bond donors (Lipinski definition) is 1. The Morgan fingerprint density at radius 3 is 3.04 bits per heavy atom. The summed E-state index contributed by atoms with van der Waals surface area (Å²) in [4.78, 5) is 30.0. The average Bonchev–Trinajstić information content (AvgIpc) is 3.23. The smallest absolute Gasteiger partial charge is 0.325 e. The zero-order valence-corrected chi connectivity index (χ0v) is 14.5. The second kappa shape index (κ2) is 7.72. The predicted molar refractivity (Wildman–Crippen MR) is 92.8 cm³/mol. The Morgan fingerprint density at radius 2 is 2.25 bits per heavy atom. The third-order valence-corrected chi connectivity index (χ3v) is 5.38. The van der Waals surface area contributed by atoms with Gasteiger partial charge in [-0.2, -0.15) is 0 Å². The summed E-state index contributed by atoms with van der Waals surface area (Å²) in [7, 11) is 1.31. The van der Waals surface area contributed by atoms with Gasteiger partial charge in [0.2, 0.25) is 5.91 Å². The number of carbonyl (C=O) groups excluding carboxylic acids is 2. The van der Waals surface area contributed by atoms with E-state index in [0.717, 1.165) is 29.9 Å². The van der Waals surface area contributed by atoms with Crippen LogP contribution in [0.1, 0.15) is 30.3 Å². The van der Waals surface area contributed by atoms with Crippen LogP contribution >= 0.6 is 11.3 Å². The molecule has 1 fully saturated rings. The maximum atomic E-state index is 11.8. The van der Waals surface area contributed by atoms with Gasteiger partial charge in [0.1, 0.15) is 11.6 Å². The number of carbonyl (C=O) groups is 2. The molecule has 2 aromatic rings. The molecule has 1 aliphatic heterocycles. The first-order chi connectivity index (χ1) is 11.7. The van der Waals surface area contributed by atoms with E-state index in [1.165, 1.54) is 11.8 Å². The quantitative estimate of drug-likeness (QED) is 0.811. The molecule has 1 saturated heterocycles. The van der Waals surface area contributed by atoms with E-state index in [0.29, 0.717) is 13.0 Å². The summed E-state index contributed by atoms with van der Waals surface area (Å²) in [5.41, 5.74) is 1.04. The molecular weight excluding hydrogens is 326 g/mol. The molecule has 1 N–H and O–H groups in total. The normalized spacial score (nSPS) is 18.0. The van der Waals surface area contributed by atoms with Crippen LogP contribution in [0.25, 0.3) is 10.2 Å². The van der Waals surface area contributed by atoms with Crippen LogP contribution in [0.4, 0.5) is 0 Å². The average molecular weight is 347 g/mol. The summed E-state index contributed by atoms with van der Waals surface area (Å²) >= 11 is 1.74. The van der Waals surface area contributed by atoms with Crippen LogP contribution < -0.4 is 5.32 Å². The summed E-state index contributed by atoms with van der Waals surface area (Å²) in [6.07, 6.45) is 2.56. The number of amides is 1. The van der Waals surface area contributed by atoms with Gasteiger partial charge in [-0.3, -0.25) is 14.5 Å². The van der Waals surface area contributed by atoms with E-state index in [2.05, 4.69) is 21.0 Å². The van der Waals surface area contributed by atoms with Crippen molar-refractivity contribution < 1.29 is 14.3 Å². The van der Waals surface area contributed by atoms with Gasteiger partial charge in [-0.15, -0.1) is 11.3 Å². The van der Waals surface area contributed by atoms with Crippen LogP contribution in [0, 0.1) is 0 Å². The lowest BCUT2D eigenvalue weighted by atomic mass is 10.2. The molecule has 3 rings (SSSR count). The van der Waals surface area contributed by atoms with E-state index < -0.39 is 5.97 Å². The lowest BCUT2D eigenvalue weighted by Crippen LogP contribution is -2.33. The first-order valence-corrected chi connectivity index (χ1v) is 8.92. The maximum absolute atomic E-state index is 11.8. The van der Waals surface area contributed by atoms with Gasteiger partial charge < -0.3 is 10.1 Å². The summed E-state index contributed by atoms with van der Waals surface area (Å²) in [6.45, 7) is 1.58. The van der Waals surface area contributed by atoms with Crippen LogP contribution in [0.3, 0.4) is 0 Å². The van der Waals surface area contributed by atoms with Gasteiger partial charge in [0, 0.05) is 13.0 Å². The van der Waals surface area contributed by atoms with Crippen molar-refractivity contribution in [2.75, 3.05) is 26.7 Å². The Labute approximate surface area is 144 Å². The van der Waals surface area contributed by atoms with E-state index in [1.807, 2.05) is 18.2 Å². The Balaban J connectivity index is 1.57. The Morgan fingerprint density at radius 1 is 1.42 bits per heavy atom. The van der Waals surface area contributed by atoms with Gasteiger partial charge in [0.15, 0.2) is 0 Å². The Bertz CT molecular complexity index is 698. The molecule has 0 radical (unpaired) electrons. The molecular formula is C17H21N3O3S. The van der Waals surface area contributed by atoms with Gasteiger partial charge in [-0.25, -0.2) is 4.98 Å². The third kappa shape index (κ3) is 3.91. The molecule has 7 heteroatoms. The second-order valence-corrected chi connectivity index (χ2v) is 6.88. The van der Waals surface area contributed by atoms with Gasteiger partial charge in [-0.05, 0) is 31.5 Å². The molecule has 0 aliphatic carbocycles. The number of methoxy groups -OCH3 is 1. The molecule has 6 nitrogen and oxygen atoms in total. The molecule has 1 aromatic carbocycles. The highest BCUT2D eigenvalue weighted by Crippen LogP contribution is 2.36. The first kappa shape index (κ1) is 16.9. The number of fused-ring (bicyclic) bond motifs is 1. The summed E-state index contributed by atoms with van der Waals surface area (Å²) < 4.78 is 5.72. The number of para-hydroxylation sites is 1. The van der Waals surface area contributed by atoms with E-state index in [9.17, 15) is 9.59 Å². The van der Waals surface area contributed by atoms with Crippen LogP contribution in [0.5, 0.6) is 0 Å². The zero-order chi connectivity index (χ0) is 16.9. The molecule has 0 saturated carbocycles. The highest BCUT2D eigenvalue weighted by Gasteiger charge is 2.28. The summed E-state index contributed by atoms with van der Waals surface area (Å²) in [6, 6.07) is 8.45. The van der Waals surface area contributed by atoms with Crippen LogP contribution in [-0.4, -0.2) is 48.5 Å². The van der Waals surface area contributed by atoms with Crippen molar-refractivity contribution in [3.63, 3.8) is 0 Å². The van der Waals surface area contributed by atoms with Gasteiger partial charge >= 0.3 is 5.97 Å². The van der Waals surface area contributed by atoms with Crippen LogP contribution in [0.15, 0.2) is 24.3 Å². The maximum Gasteiger partial charge on any atom is 0.325 e. The Hall–Kier alpha value is -1.99. The van der Waals surface area contributed by atoms with Crippen molar-refractivity contribution in [1.29, 1.82) is 0 Å². The largest absolute Gasteiger partial charge is 0.468 e. The van der Waals surface area contributed by atoms with Crippen molar-refractivity contribution in [1.82, 2.24) is 15.2 Å². The lowest BCUT2D eigenvalue weighted by molar-refractivity contribution is -0.141. The van der Waals surface area contributed by atoms with E-state index >= 15 is 0 Å². The highest BCUT2D eigenvalue weighted by molar-refractivity contribution is 7.18. The molecule has 0 bridgehead atoms. The van der Waals surface area contributed by atoms with Gasteiger partial charge in [0.25, 0.3) is 0 Å². The van der Waals surface area contributed by atoms with Crippen LogP contribution in [-0.2, 0) is 14.3 Å². The van der Waals surface area contributed by atoms with Crippen molar-refractivity contribution in [3.8, 4) is 0 Å². The number of hydrogen-bond acceptors (Lipinski definition) is 6. The molecule has 128 valence electrons. The van der Waals surface area contributed by atoms with E-state index in [1.54, 1.807) is 11.3 Å². The molecule has 24 heavy (non-hydrogen) atoms. The third-order valence-electron chi connectivity index (χ3n) is 4.24. The van der Waals surface area contributed by atoms with Crippen molar-refractivity contribution in [2.24, 2.45) is 0 Å². The zero-order valence-electron chi connectivity index (χ0n) is 13.7. The van der Waals surface area contributed by atoms with Crippen molar-refractivity contribution >= 4 is 33.4 Å². The van der Waals surface area contributed by atoms with Crippen molar-refractivity contribution in [3.05, 3.63) is 29.3 Å². The minimum Gasteiger partial charge on any atom is -0.468 e. The van der Waals surface area contributed by atoms with Crippen LogP contribution in [0.2, 0.25) is 0 Å². The van der Waals surface area contributed by atoms with E-state index in [4.69, 9.17) is 4.98 Å². The van der Waals surface area contributed by atoms with E-state index in [-0.39, 0.29) is 18.5 Å². The number of nitrogens with one attached hydrogen (secondary N) is 1. The van der Waals surface area contributed by atoms with Crippen molar-refractivity contribution in [2.45, 2.75) is 25.3 Å². The minimum atomic E-state index is -0.433. The molecule has 0 unspecified atom stereocenters. The molecule has 0 spiro atoms. The summed E-state index contributed by atoms with van der Waals surface area (Å²) in [5, 5.41) is 3.71. The number of rotatable bonds is 6. The number of nitrogens with zero attached hydrogens (tertiary/aromatic N) is 2. The number of likely N-dealkylation sites (tertiary alicyclic amines) is 1. The minimum absolute atomic E-state index is 0.0728. The second-order valence-electron chi connectivity index (χ2n) is 5.82. The monoisotopic (exact) mass is 347 g/mol. The first-order valence-electron chi connectivity index (χ1n) is 8.10. The standard InChI is InChI=1S/C17H21N3O3S/c1-23-16(22)11-18-15(21)8-10-20-9-4-6-13(20)17-19-12-5-2-3-7-14(12)24-17/h2-3,5,7,13H,4,6,8-11H2,1H3,(H,18,21)/t13-/m1/s1. The number of esters is 1. The Kier molecular flexibility index (Phi) is 5.42. The molecule has 1 aliphatic rings. The fraction of sp³-hybridized carbons (Fsp3) is 0.471. The fourth-order valence-electron chi connectivity index (χ4n) is 2.98. The molecule has 1 atom stereocenters. The molecule has 1 amide bonds. The number of ether oxygens (including phenoxy) is 1. The number of aromatic nitrogens is 1. The summed E-state index contributed by atoms with van der Waals surface area (Å²) in [5.74, 6) is -0.563. The lowest BCUT2D eigenvalue weighted by Gasteiger charge is -2.22. The SMILES string of the molecule is COC(=O)CNC(=O)CCN1CCC[C@@H]1c1nc2ccccc2s1. The van der Waals surface area contributed by atoms with Gasteiger partial charge in [0.05, 0.1) is 23.4 Å².